The number of carbonyl (C=O) groups excluding carboxylic acids is 2. The van der Waals surface area contributed by atoms with E-state index in [0.29, 0.717) is 11.5 Å². The number of anilines is 2. The zero-order chi connectivity index (χ0) is 17.9. The average Bonchev–Trinajstić information content (AvgIpc) is 3.54. The van der Waals surface area contributed by atoms with Gasteiger partial charge in [0.1, 0.15) is 0 Å². The zero-order valence-electron chi connectivity index (χ0n) is 14.5. The Morgan fingerprint density at radius 1 is 0.962 bits per heavy atom. The molecule has 0 atom stereocenters. The van der Waals surface area contributed by atoms with Crippen molar-refractivity contribution in [3.8, 4) is 0 Å². The van der Waals surface area contributed by atoms with Crippen LogP contribution in [0.15, 0.2) is 42.7 Å². The van der Waals surface area contributed by atoms with Gasteiger partial charge in [0.05, 0.1) is 0 Å². The summed E-state index contributed by atoms with van der Waals surface area (Å²) in [6.07, 6.45) is 5.27. The quantitative estimate of drug-likeness (QED) is 0.909. The Balaban J connectivity index is 1.34. The van der Waals surface area contributed by atoms with Crippen LogP contribution in [0.4, 0.5) is 11.6 Å². The second-order valence-electron chi connectivity index (χ2n) is 6.66. The minimum atomic E-state index is -0.234. The first-order valence-corrected chi connectivity index (χ1v) is 8.93. The molecule has 2 aliphatic rings. The fourth-order valence-electron chi connectivity index (χ4n) is 3.13. The molecular formula is C19H21N5O2. The van der Waals surface area contributed by atoms with Gasteiger partial charge < -0.3 is 9.80 Å². The molecule has 4 rings (SSSR count). The molecule has 7 nitrogen and oxygen atoms in total. The highest BCUT2D eigenvalue weighted by Crippen LogP contribution is 2.31. The molecule has 2 aromatic rings. The summed E-state index contributed by atoms with van der Waals surface area (Å²) >= 11 is 0. The van der Waals surface area contributed by atoms with Gasteiger partial charge in [-0.15, -0.1) is 0 Å². The number of nitrogens with zero attached hydrogens (tertiary/aromatic N) is 4. The summed E-state index contributed by atoms with van der Waals surface area (Å²) in [4.78, 5) is 36.6. The van der Waals surface area contributed by atoms with Crippen LogP contribution in [-0.2, 0) is 4.79 Å². The lowest BCUT2D eigenvalue weighted by Crippen LogP contribution is -2.49. The van der Waals surface area contributed by atoms with Gasteiger partial charge in [0, 0.05) is 55.7 Å². The van der Waals surface area contributed by atoms with Gasteiger partial charge in [-0.25, -0.2) is 9.97 Å². The minimum Gasteiger partial charge on any atom is -0.368 e. The number of carbonyl (C=O) groups is 2. The summed E-state index contributed by atoms with van der Waals surface area (Å²) < 4.78 is 0. The molecule has 0 spiro atoms. The Labute approximate surface area is 152 Å². The van der Waals surface area contributed by atoms with Crippen LogP contribution in [0, 0.1) is 5.92 Å². The smallest absolute Gasteiger partial charge is 0.258 e. The molecular weight excluding hydrogens is 330 g/mol. The standard InChI is InChI=1S/C19H21N5O2/c25-17(22-19-20-8-1-9-21-19)14-4-6-16(7-5-14)23-10-12-24(13-11-23)18(26)15-2-3-15/h1,4-9,15H,2-3,10-13H2,(H,20,21,22,25). The van der Waals surface area contributed by atoms with E-state index in [2.05, 4.69) is 20.2 Å². The second-order valence-corrected chi connectivity index (χ2v) is 6.66. The molecule has 26 heavy (non-hydrogen) atoms. The van der Waals surface area contributed by atoms with Gasteiger partial charge in [0.15, 0.2) is 0 Å². The van der Waals surface area contributed by atoms with Crippen molar-refractivity contribution in [2.75, 3.05) is 36.4 Å². The van der Waals surface area contributed by atoms with Crippen molar-refractivity contribution in [2.24, 2.45) is 5.92 Å². The van der Waals surface area contributed by atoms with Gasteiger partial charge in [-0.1, -0.05) is 0 Å². The van der Waals surface area contributed by atoms with Crippen LogP contribution < -0.4 is 10.2 Å². The summed E-state index contributed by atoms with van der Waals surface area (Å²) in [6.45, 7) is 3.18. The normalized spacial score (nSPS) is 17.1. The Hall–Kier alpha value is -2.96. The fraction of sp³-hybridized carbons (Fsp3) is 0.368. The van der Waals surface area contributed by atoms with Crippen LogP contribution in [0.2, 0.25) is 0 Å². The van der Waals surface area contributed by atoms with E-state index >= 15 is 0 Å². The number of amides is 2. The summed E-state index contributed by atoms with van der Waals surface area (Å²) in [5.41, 5.74) is 1.62. The third-order valence-electron chi connectivity index (χ3n) is 4.80. The highest BCUT2D eigenvalue weighted by Gasteiger charge is 2.34. The second kappa shape index (κ2) is 7.11. The lowest BCUT2D eigenvalue weighted by molar-refractivity contribution is -0.132. The molecule has 0 unspecified atom stereocenters. The van der Waals surface area contributed by atoms with Crippen molar-refractivity contribution < 1.29 is 9.59 Å². The Morgan fingerprint density at radius 2 is 1.62 bits per heavy atom. The monoisotopic (exact) mass is 351 g/mol. The first-order valence-electron chi connectivity index (χ1n) is 8.93. The van der Waals surface area contributed by atoms with E-state index in [1.165, 1.54) is 0 Å². The number of hydrogen-bond donors (Lipinski definition) is 1. The molecule has 134 valence electrons. The number of benzene rings is 1. The van der Waals surface area contributed by atoms with Gasteiger partial charge in [-0.3, -0.25) is 14.9 Å². The van der Waals surface area contributed by atoms with Gasteiger partial charge in [0.2, 0.25) is 11.9 Å². The van der Waals surface area contributed by atoms with E-state index < -0.39 is 0 Å². The van der Waals surface area contributed by atoms with E-state index in [0.717, 1.165) is 44.7 Å². The third-order valence-corrected chi connectivity index (χ3v) is 4.80. The molecule has 2 fully saturated rings. The third kappa shape index (κ3) is 3.66. The minimum absolute atomic E-state index is 0.234. The van der Waals surface area contributed by atoms with Crippen molar-refractivity contribution in [1.29, 1.82) is 0 Å². The number of piperazine rings is 1. The zero-order valence-corrected chi connectivity index (χ0v) is 14.5. The first-order chi connectivity index (χ1) is 12.7. The van der Waals surface area contributed by atoms with Crippen LogP contribution >= 0.6 is 0 Å². The van der Waals surface area contributed by atoms with E-state index in [-0.39, 0.29) is 17.8 Å². The van der Waals surface area contributed by atoms with Crippen molar-refractivity contribution in [2.45, 2.75) is 12.8 Å². The van der Waals surface area contributed by atoms with Crippen LogP contribution in [0.3, 0.4) is 0 Å². The van der Waals surface area contributed by atoms with Crippen molar-refractivity contribution in [1.82, 2.24) is 14.9 Å². The van der Waals surface area contributed by atoms with Crippen molar-refractivity contribution >= 4 is 23.5 Å². The van der Waals surface area contributed by atoms with Crippen molar-refractivity contribution in [3.05, 3.63) is 48.3 Å². The van der Waals surface area contributed by atoms with Gasteiger partial charge in [-0.05, 0) is 43.2 Å². The summed E-state index contributed by atoms with van der Waals surface area (Å²) in [6, 6.07) is 9.19. The fourth-order valence-corrected chi connectivity index (χ4v) is 3.13. The summed E-state index contributed by atoms with van der Waals surface area (Å²) in [5, 5.41) is 2.67. The molecule has 7 heteroatoms. The average molecular weight is 351 g/mol. The van der Waals surface area contributed by atoms with Gasteiger partial charge >= 0.3 is 0 Å². The van der Waals surface area contributed by atoms with Crippen molar-refractivity contribution in [3.63, 3.8) is 0 Å². The van der Waals surface area contributed by atoms with E-state index in [1.54, 1.807) is 30.6 Å². The van der Waals surface area contributed by atoms with Crippen LogP contribution in [0.1, 0.15) is 23.2 Å². The maximum absolute atomic E-state index is 12.2. The summed E-state index contributed by atoms with van der Waals surface area (Å²) in [5.74, 6) is 0.661. The predicted molar refractivity (Wildman–Crippen MR) is 97.9 cm³/mol. The largest absolute Gasteiger partial charge is 0.368 e. The molecule has 2 heterocycles. The number of hydrogen-bond acceptors (Lipinski definition) is 5. The maximum Gasteiger partial charge on any atom is 0.258 e. The molecule has 0 radical (unpaired) electrons. The van der Waals surface area contributed by atoms with Crippen LogP contribution in [0.5, 0.6) is 0 Å². The van der Waals surface area contributed by atoms with Gasteiger partial charge in [0.25, 0.3) is 5.91 Å². The van der Waals surface area contributed by atoms with E-state index in [4.69, 9.17) is 0 Å². The molecule has 1 aliphatic heterocycles. The summed E-state index contributed by atoms with van der Waals surface area (Å²) in [7, 11) is 0. The molecule has 2 amide bonds. The topological polar surface area (TPSA) is 78.4 Å². The molecule has 1 saturated carbocycles. The molecule has 1 aromatic carbocycles. The van der Waals surface area contributed by atoms with E-state index in [9.17, 15) is 9.59 Å². The number of aromatic nitrogens is 2. The SMILES string of the molecule is O=C(Nc1ncccn1)c1ccc(N2CCN(C(=O)C3CC3)CC2)cc1. The molecule has 1 N–H and O–H groups in total. The number of nitrogens with one attached hydrogen (secondary N) is 1. The Kier molecular flexibility index (Phi) is 4.51. The lowest BCUT2D eigenvalue weighted by Gasteiger charge is -2.36. The van der Waals surface area contributed by atoms with Gasteiger partial charge in [-0.2, -0.15) is 0 Å². The van der Waals surface area contributed by atoms with Crippen LogP contribution in [-0.4, -0.2) is 52.9 Å². The Morgan fingerprint density at radius 3 is 2.23 bits per heavy atom. The predicted octanol–water partition coefficient (Wildman–Crippen LogP) is 1.79. The highest BCUT2D eigenvalue weighted by atomic mass is 16.2. The number of rotatable bonds is 4. The van der Waals surface area contributed by atoms with E-state index in [1.807, 2.05) is 17.0 Å². The molecule has 1 aliphatic carbocycles. The molecule has 0 bridgehead atoms. The first kappa shape index (κ1) is 16.5. The van der Waals surface area contributed by atoms with Crippen LogP contribution in [0.25, 0.3) is 0 Å². The molecule has 1 saturated heterocycles. The molecule has 1 aromatic heterocycles. The maximum atomic E-state index is 12.2. The Bertz CT molecular complexity index is 781. The highest BCUT2D eigenvalue weighted by molar-refractivity contribution is 6.03. The lowest BCUT2D eigenvalue weighted by atomic mass is 10.1.